The van der Waals surface area contributed by atoms with Gasteiger partial charge >= 0.3 is 0 Å². The van der Waals surface area contributed by atoms with Gasteiger partial charge in [0, 0.05) is 11.0 Å². The number of aromatic nitrogens is 1. The second kappa shape index (κ2) is 4.63. The van der Waals surface area contributed by atoms with Crippen LogP contribution in [0.5, 0.6) is 0 Å². The second-order valence-corrected chi connectivity index (χ2v) is 3.40. The molecule has 1 aromatic heterocycles. The van der Waals surface area contributed by atoms with E-state index in [1.807, 2.05) is 25.1 Å². The van der Waals surface area contributed by atoms with Gasteiger partial charge in [-0.25, -0.2) is 4.98 Å². The fourth-order valence-corrected chi connectivity index (χ4v) is 1.27. The van der Waals surface area contributed by atoms with E-state index in [0.29, 0.717) is 5.15 Å². The maximum Gasteiger partial charge on any atom is 0.129 e. The molecule has 0 amide bonds. The van der Waals surface area contributed by atoms with E-state index in [9.17, 15) is 0 Å². The molecule has 0 spiro atoms. The Kier molecular flexibility index (Phi) is 3.76. The first-order valence-electron chi connectivity index (χ1n) is 3.59. The number of allylic oxidation sites excluding steroid dienone is 1. The Balaban J connectivity index is 2.94. The van der Waals surface area contributed by atoms with Crippen molar-refractivity contribution in [1.29, 1.82) is 0 Å². The van der Waals surface area contributed by atoms with E-state index in [2.05, 4.69) is 20.9 Å². The first-order chi connectivity index (χ1) is 5.74. The van der Waals surface area contributed by atoms with Gasteiger partial charge in [-0.05, 0) is 18.6 Å². The molecule has 0 bridgehead atoms. The lowest BCUT2D eigenvalue weighted by Gasteiger charge is -1.98. The summed E-state index contributed by atoms with van der Waals surface area (Å²) < 4.78 is 0. The standard InChI is InChI=1S/C9H9BrClN/c1-7-8(3-2-6-10)4-5-9(11)12-7/h2-5H,6H2,1H3. The molecule has 0 atom stereocenters. The zero-order valence-electron chi connectivity index (χ0n) is 6.72. The number of alkyl halides is 1. The summed E-state index contributed by atoms with van der Waals surface area (Å²) in [5, 5.41) is 1.40. The third kappa shape index (κ3) is 2.61. The summed E-state index contributed by atoms with van der Waals surface area (Å²) in [7, 11) is 0. The number of hydrogen-bond donors (Lipinski definition) is 0. The minimum atomic E-state index is 0.545. The summed E-state index contributed by atoms with van der Waals surface area (Å²) in [6, 6.07) is 3.76. The van der Waals surface area contributed by atoms with Crippen LogP contribution in [0.15, 0.2) is 18.2 Å². The van der Waals surface area contributed by atoms with E-state index in [0.717, 1.165) is 16.6 Å². The van der Waals surface area contributed by atoms with Gasteiger partial charge in [-0.2, -0.15) is 0 Å². The van der Waals surface area contributed by atoms with Gasteiger partial charge in [0.25, 0.3) is 0 Å². The highest BCUT2D eigenvalue weighted by molar-refractivity contribution is 9.09. The molecule has 3 heteroatoms. The number of rotatable bonds is 2. The van der Waals surface area contributed by atoms with Gasteiger partial charge < -0.3 is 0 Å². The first kappa shape index (κ1) is 9.75. The predicted molar refractivity (Wildman–Crippen MR) is 56.8 cm³/mol. The van der Waals surface area contributed by atoms with E-state index >= 15 is 0 Å². The van der Waals surface area contributed by atoms with Gasteiger partial charge in [-0.15, -0.1) is 0 Å². The van der Waals surface area contributed by atoms with E-state index in [-0.39, 0.29) is 0 Å². The predicted octanol–water partition coefficient (Wildman–Crippen LogP) is 3.45. The van der Waals surface area contributed by atoms with Crippen LogP contribution in [-0.4, -0.2) is 10.3 Å². The third-order valence-corrected chi connectivity index (χ3v) is 2.06. The molecule has 1 heterocycles. The topological polar surface area (TPSA) is 12.9 Å². The van der Waals surface area contributed by atoms with E-state index in [1.54, 1.807) is 6.07 Å². The van der Waals surface area contributed by atoms with Crippen LogP contribution in [0.1, 0.15) is 11.3 Å². The van der Waals surface area contributed by atoms with Crippen molar-refractivity contribution in [3.63, 3.8) is 0 Å². The number of pyridine rings is 1. The Morgan fingerprint density at radius 3 is 2.92 bits per heavy atom. The fraction of sp³-hybridized carbons (Fsp3) is 0.222. The van der Waals surface area contributed by atoms with Gasteiger partial charge in [-0.3, -0.25) is 0 Å². The third-order valence-electron chi connectivity index (χ3n) is 1.48. The maximum atomic E-state index is 5.71. The van der Waals surface area contributed by atoms with Gasteiger partial charge in [0.05, 0.1) is 0 Å². The molecule has 64 valence electrons. The molecule has 0 fully saturated rings. The molecule has 1 aromatic rings. The Labute approximate surface area is 85.6 Å². The average Bonchev–Trinajstić information content (AvgIpc) is 2.03. The van der Waals surface area contributed by atoms with Crippen LogP contribution in [0.25, 0.3) is 6.08 Å². The van der Waals surface area contributed by atoms with Crippen molar-refractivity contribution in [2.45, 2.75) is 6.92 Å². The Morgan fingerprint density at radius 1 is 1.58 bits per heavy atom. The summed E-state index contributed by atoms with van der Waals surface area (Å²) in [5.41, 5.74) is 2.07. The number of hydrogen-bond acceptors (Lipinski definition) is 1. The summed E-state index contributed by atoms with van der Waals surface area (Å²) in [4.78, 5) is 4.13. The van der Waals surface area contributed by atoms with Crippen LogP contribution in [0, 0.1) is 6.92 Å². The monoisotopic (exact) mass is 245 g/mol. The van der Waals surface area contributed by atoms with Crippen molar-refractivity contribution < 1.29 is 0 Å². The van der Waals surface area contributed by atoms with Gasteiger partial charge in [0.1, 0.15) is 5.15 Å². The summed E-state index contributed by atoms with van der Waals surface area (Å²) in [6.45, 7) is 1.94. The van der Waals surface area contributed by atoms with Crippen LogP contribution in [-0.2, 0) is 0 Å². The Bertz CT molecular complexity index is 297. The SMILES string of the molecule is Cc1nc(Cl)ccc1C=CCBr. The van der Waals surface area contributed by atoms with Gasteiger partial charge in [0.2, 0.25) is 0 Å². The molecule has 1 rings (SSSR count). The number of nitrogens with zero attached hydrogens (tertiary/aromatic N) is 1. The average molecular weight is 247 g/mol. The lowest BCUT2D eigenvalue weighted by molar-refractivity contribution is 1.19. The van der Waals surface area contributed by atoms with Crippen LogP contribution in [0.3, 0.4) is 0 Å². The largest absolute Gasteiger partial charge is 0.241 e. The van der Waals surface area contributed by atoms with Crippen molar-refractivity contribution in [1.82, 2.24) is 4.98 Å². The lowest BCUT2D eigenvalue weighted by atomic mass is 10.2. The molecule has 12 heavy (non-hydrogen) atoms. The van der Waals surface area contributed by atoms with Crippen LogP contribution in [0.4, 0.5) is 0 Å². The molecular weight excluding hydrogens is 237 g/mol. The van der Waals surface area contributed by atoms with Crippen molar-refractivity contribution in [3.05, 3.63) is 34.6 Å². The highest BCUT2D eigenvalue weighted by Crippen LogP contribution is 2.12. The maximum absolute atomic E-state index is 5.71. The van der Waals surface area contributed by atoms with Gasteiger partial charge in [-0.1, -0.05) is 45.7 Å². The minimum absolute atomic E-state index is 0.545. The van der Waals surface area contributed by atoms with Crippen LogP contribution in [0.2, 0.25) is 5.15 Å². The molecule has 0 aliphatic rings. The fourth-order valence-electron chi connectivity index (χ4n) is 0.889. The molecule has 1 nitrogen and oxygen atoms in total. The van der Waals surface area contributed by atoms with Crippen molar-refractivity contribution in [2.24, 2.45) is 0 Å². The molecular formula is C9H9BrClN. The zero-order valence-corrected chi connectivity index (χ0v) is 9.06. The zero-order chi connectivity index (χ0) is 8.97. The van der Waals surface area contributed by atoms with Crippen molar-refractivity contribution in [2.75, 3.05) is 5.33 Å². The number of aryl methyl sites for hydroxylation is 1. The Hall–Kier alpha value is -0.340. The molecule has 0 saturated carbocycles. The minimum Gasteiger partial charge on any atom is -0.241 e. The lowest BCUT2D eigenvalue weighted by Crippen LogP contribution is -1.85. The second-order valence-electron chi connectivity index (χ2n) is 2.37. The normalized spacial score (nSPS) is 10.9. The van der Waals surface area contributed by atoms with Crippen molar-refractivity contribution in [3.8, 4) is 0 Å². The number of halogens is 2. The molecule has 0 aliphatic carbocycles. The molecule has 0 unspecified atom stereocenters. The summed E-state index contributed by atoms with van der Waals surface area (Å²) in [6.07, 6.45) is 4.05. The van der Waals surface area contributed by atoms with E-state index in [4.69, 9.17) is 11.6 Å². The molecule has 0 saturated heterocycles. The molecule has 0 radical (unpaired) electrons. The summed E-state index contributed by atoms with van der Waals surface area (Å²) >= 11 is 9.02. The van der Waals surface area contributed by atoms with Crippen LogP contribution < -0.4 is 0 Å². The van der Waals surface area contributed by atoms with E-state index in [1.165, 1.54) is 0 Å². The quantitative estimate of drug-likeness (QED) is 0.575. The first-order valence-corrected chi connectivity index (χ1v) is 5.09. The molecule has 0 aliphatic heterocycles. The van der Waals surface area contributed by atoms with E-state index < -0.39 is 0 Å². The van der Waals surface area contributed by atoms with Crippen molar-refractivity contribution >= 4 is 33.6 Å². The smallest absolute Gasteiger partial charge is 0.129 e. The summed E-state index contributed by atoms with van der Waals surface area (Å²) in [5.74, 6) is 0. The molecule has 0 aromatic carbocycles. The highest BCUT2D eigenvalue weighted by Gasteiger charge is 1.95. The Morgan fingerprint density at radius 2 is 2.33 bits per heavy atom. The van der Waals surface area contributed by atoms with Crippen LogP contribution >= 0.6 is 27.5 Å². The highest BCUT2D eigenvalue weighted by atomic mass is 79.9. The van der Waals surface area contributed by atoms with Gasteiger partial charge in [0.15, 0.2) is 0 Å². The molecule has 0 N–H and O–H groups in total.